The SMILES string of the molecule is C[C@@H](Oc1cccc(Cl)c1)C(=O)Nc1cnn(Cc2ccc(Cl)c(Cl)c2)c1. The van der Waals surface area contributed by atoms with Crippen LogP contribution in [0.3, 0.4) is 0 Å². The summed E-state index contributed by atoms with van der Waals surface area (Å²) in [5.41, 5.74) is 1.52. The third-order valence-electron chi connectivity index (χ3n) is 3.71. The molecule has 1 aromatic heterocycles. The zero-order valence-electron chi connectivity index (χ0n) is 14.3. The second-order valence-electron chi connectivity index (χ2n) is 5.88. The Morgan fingerprint density at radius 2 is 2.00 bits per heavy atom. The second kappa shape index (κ2) is 8.65. The molecule has 0 aliphatic rings. The predicted molar refractivity (Wildman–Crippen MR) is 108 cm³/mol. The van der Waals surface area contributed by atoms with Gasteiger partial charge in [-0.15, -0.1) is 0 Å². The first-order valence-electron chi connectivity index (χ1n) is 8.10. The van der Waals surface area contributed by atoms with Crippen LogP contribution in [0.1, 0.15) is 12.5 Å². The number of hydrogen-bond acceptors (Lipinski definition) is 3. The van der Waals surface area contributed by atoms with Gasteiger partial charge in [-0.05, 0) is 42.8 Å². The second-order valence-corrected chi connectivity index (χ2v) is 7.13. The zero-order valence-corrected chi connectivity index (χ0v) is 16.6. The van der Waals surface area contributed by atoms with E-state index in [9.17, 15) is 4.79 Å². The lowest BCUT2D eigenvalue weighted by atomic mass is 10.2. The number of hydrogen-bond donors (Lipinski definition) is 1. The first-order valence-corrected chi connectivity index (χ1v) is 9.23. The molecular weight excluding hydrogens is 409 g/mol. The quantitative estimate of drug-likeness (QED) is 0.584. The fourth-order valence-corrected chi connectivity index (χ4v) is 2.88. The minimum absolute atomic E-state index is 0.288. The Morgan fingerprint density at radius 3 is 2.74 bits per heavy atom. The van der Waals surface area contributed by atoms with Gasteiger partial charge in [0.25, 0.3) is 5.91 Å². The van der Waals surface area contributed by atoms with E-state index in [4.69, 9.17) is 39.5 Å². The molecule has 3 aromatic rings. The van der Waals surface area contributed by atoms with E-state index in [-0.39, 0.29) is 5.91 Å². The molecule has 0 saturated carbocycles. The molecule has 0 bridgehead atoms. The van der Waals surface area contributed by atoms with Gasteiger partial charge in [-0.25, -0.2) is 0 Å². The van der Waals surface area contributed by atoms with Gasteiger partial charge in [0.15, 0.2) is 6.10 Å². The van der Waals surface area contributed by atoms with Crippen LogP contribution in [0.5, 0.6) is 5.75 Å². The first-order chi connectivity index (χ1) is 12.9. The minimum Gasteiger partial charge on any atom is -0.481 e. The van der Waals surface area contributed by atoms with E-state index in [2.05, 4.69) is 10.4 Å². The summed E-state index contributed by atoms with van der Waals surface area (Å²) in [6.45, 7) is 2.16. The topological polar surface area (TPSA) is 56.1 Å². The summed E-state index contributed by atoms with van der Waals surface area (Å²) in [7, 11) is 0. The van der Waals surface area contributed by atoms with Gasteiger partial charge in [0, 0.05) is 11.2 Å². The summed E-state index contributed by atoms with van der Waals surface area (Å²) in [5.74, 6) is 0.240. The Labute approximate surface area is 171 Å². The molecule has 0 aliphatic heterocycles. The Hall–Kier alpha value is -2.21. The molecule has 5 nitrogen and oxygen atoms in total. The molecule has 1 N–H and O–H groups in total. The standard InChI is InChI=1S/C19H16Cl3N3O2/c1-12(27-16-4-2-3-14(20)8-16)19(26)24-15-9-23-25(11-15)10-13-5-6-17(21)18(22)7-13/h2-9,11-12H,10H2,1H3,(H,24,26)/t12-/m1/s1. The highest BCUT2D eigenvalue weighted by molar-refractivity contribution is 6.42. The molecular formula is C19H16Cl3N3O2. The lowest BCUT2D eigenvalue weighted by molar-refractivity contribution is -0.122. The monoisotopic (exact) mass is 423 g/mol. The van der Waals surface area contributed by atoms with E-state index >= 15 is 0 Å². The number of nitrogens with zero attached hydrogens (tertiary/aromatic N) is 2. The molecule has 8 heteroatoms. The van der Waals surface area contributed by atoms with Crippen LogP contribution in [-0.2, 0) is 11.3 Å². The molecule has 0 spiro atoms. The lowest BCUT2D eigenvalue weighted by Gasteiger charge is -2.14. The number of aromatic nitrogens is 2. The molecule has 0 saturated heterocycles. The molecule has 27 heavy (non-hydrogen) atoms. The summed E-state index contributed by atoms with van der Waals surface area (Å²) >= 11 is 17.9. The average molecular weight is 425 g/mol. The van der Waals surface area contributed by atoms with Crippen LogP contribution >= 0.6 is 34.8 Å². The van der Waals surface area contributed by atoms with E-state index < -0.39 is 6.10 Å². The van der Waals surface area contributed by atoms with Gasteiger partial charge < -0.3 is 10.1 Å². The summed E-state index contributed by atoms with van der Waals surface area (Å²) in [4.78, 5) is 12.3. The molecule has 2 aromatic carbocycles. The van der Waals surface area contributed by atoms with Crippen LogP contribution < -0.4 is 10.1 Å². The van der Waals surface area contributed by atoms with Crippen molar-refractivity contribution < 1.29 is 9.53 Å². The highest BCUT2D eigenvalue weighted by Gasteiger charge is 2.16. The number of ether oxygens (including phenoxy) is 1. The van der Waals surface area contributed by atoms with Crippen LogP contribution in [-0.4, -0.2) is 21.8 Å². The van der Waals surface area contributed by atoms with Crippen LogP contribution in [0.15, 0.2) is 54.9 Å². The number of benzene rings is 2. The van der Waals surface area contributed by atoms with Crippen LogP contribution in [0.2, 0.25) is 15.1 Å². The molecule has 140 valence electrons. The molecule has 1 amide bonds. The number of halogens is 3. The van der Waals surface area contributed by atoms with Gasteiger partial charge in [0.2, 0.25) is 0 Å². The number of rotatable bonds is 6. The normalized spacial score (nSPS) is 11.9. The average Bonchev–Trinajstić information content (AvgIpc) is 3.05. The van der Waals surface area contributed by atoms with E-state index in [1.165, 1.54) is 0 Å². The predicted octanol–water partition coefficient (Wildman–Crippen LogP) is 5.30. The van der Waals surface area contributed by atoms with Crippen molar-refractivity contribution in [2.24, 2.45) is 0 Å². The zero-order chi connectivity index (χ0) is 19.4. The summed E-state index contributed by atoms with van der Waals surface area (Å²) in [6.07, 6.45) is 2.61. The Bertz CT molecular complexity index is 959. The number of carbonyl (C=O) groups is 1. The molecule has 1 atom stereocenters. The van der Waals surface area contributed by atoms with Crippen LogP contribution in [0, 0.1) is 0 Å². The highest BCUT2D eigenvalue weighted by Crippen LogP contribution is 2.23. The smallest absolute Gasteiger partial charge is 0.265 e. The fourth-order valence-electron chi connectivity index (χ4n) is 2.38. The van der Waals surface area contributed by atoms with E-state index in [1.807, 2.05) is 6.07 Å². The van der Waals surface area contributed by atoms with Crippen molar-refractivity contribution in [3.8, 4) is 5.75 Å². The van der Waals surface area contributed by atoms with Crippen molar-refractivity contribution in [1.29, 1.82) is 0 Å². The van der Waals surface area contributed by atoms with Gasteiger partial charge in [0.05, 0.1) is 28.5 Å². The minimum atomic E-state index is -0.693. The van der Waals surface area contributed by atoms with Gasteiger partial charge in [-0.1, -0.05) is 46.9 Å². The molecule has 0 fully saturated rings. The van der Waals surface area contributed by atoms with E-state index in [0.29, 0.717) is 33.0 Å². The van der Waals surface area contributed by atoms with Gasteiger partial charge in [-0.3, -0.25) is 9.48 Å². The van der Waals surface area contributed by atoms with Crippen molar-refractivity contribution in [2.75, 3.05) is 5.32 Å². The summed E-state index contributed by atoms with van der Waals surface area (Å²) in [5, 5.41) is 8.55. The Kier molecular flexibility index (Phi) is 6.26. The van der Waals surface area contributed by atoms with Crippen molar-refractivity contribution >= 4 is 46.4 Å². The number of carbonyl (C=O) groups excluding carboxylic acids is 1. The summed E-state index contributed by atoms with van der Waals surface area (Å²) in [6, 6.07) is 12.3. The van der Waals surface area contributed by atoms with Gasteiger partial charge >= 0.3 is 0 Å². The molecule has 0 aliphatic carbocycles. The summed E-state index contributed by atoms with van der Waals surface area (Å²) < 4.78 is 7.30. The highest BCUT2D eigenvalue weighted by atomic mass is 35.5. The molecule has 0 unspecified atom stereocenters. The maximum Gasteiger partial charge on any atom is 0.265 e. The molecule has 1 heterocycles. The number of amides is 1. The van der Waals surface area contributed by atoms with Gasteiger partial charge in [0.1, 0.15) is 5.75 Å². The first kappa shape index (κ1) is 19.5. The Morgan fingerprint density at radius 1 is 1.19 bits per heavy atom. The molecule has 3 rings (SSSR count). The maximum absolute atomic E-state index is 12.3. The van der Waals surface area contributed by atoms with Crippen molar-refractivity contribution in [3.63, 3.8) is 0 Å². The van der Waals surface area contributed by atoms with E-state index in [1.54, 1.807) is 60.4 Å². The lowest BCUT2D eigenvalue weighted by Crippen LogP contribution is -2.30. The maximum atomic E-state index is 12.3. The van der Waals surface area contributed by atoms with Crippen LogP contribution in [0.4, 0.5) is 5.69 Å². The molecule has 0 radical (unpaired) electrons. The number of anilines is 1. The largest absolute Gasteiger partial charge is 0.481 e. The van der Waals surface area contributed by atoms with Crippen molar-refractivity contribution in [2.45, 2.75) is 19.6 Å². The van der Waals surface area contributed by atoms with Crippen molar-refractivity contribution in [3.05, 3.63) is 75.5 Å². The third kappa shape index (κ3) is 5.39. The van der Waals surface area contributed by atoms with Crippen LogP contribution in [0.25, 0.3) is 0 Å². The van der Waals surface area contributed by atoms with Crippen molar-refractivity contribution in [1.82, 2.24) is 9.78 Å². The Balaban J connectivity index is 1.59. The fraction of sp³-hybridized carbons (Fsp3) is 0.158. The van der Waals surface area contributed by atoms with Gasteiger partial charge in [-0.2, -0.15) is 5.10 Å². The van der Waals surface area contributed by atoms with E-state index in [0.717, 1.165) is 5.56 Å². The number of nitrogens with one attached hydrogen (secondary N) is 1. The third-order valence-corrected chi connectivity index (χ3v) is 4.68.